The number of anilines is 2. The van der Waals surface area contributed by atoms with Crippen LogP contribution in [0.4, 0.5) is 11.4 Å². The molecule has 0 bridgehead atoms. The molecule has 3 aromatic rings. The van der Waals surface area contributed by atoms with Gasteiger partial charge in [-0.15, -0.1) is 11.3 Å². The molecule has 20 heavy (non-hydrogen) atoms. The first-order valence-corrected chi connectivity index (χ1v) is 7.54. The molecule has 0 spiro atoms. The lowest BCUT2D eigenvalue weighted by molar-refractivity contribution is 1.19. The number of aromatic nitrogens is 1. The van der Waals surface area contributed by atoms with Crippen LogP contribution in [0, 0.1) is 0 Å². The minimum atomic E-state index is 0.718. The molecular formula is C16H17N3S. The molecule has 0 saturated heterocycles. The van der Waals surface area contributed by atoms with Gasteiger partial charge in [-0.2, -0.15) is 0 Å². The van der Waals surface area contributed by atoms with Gasteiger partial charge >= 0.3 is 0 Å². The zero-order valence-electron chi connectivity index (χ0n) is 11.4. The lowest BCUT2D eigenvalue weighted by Crippen LogP contribution is -1.99. The summed E-state index contributed by atoms with van der Waals surface area (Å²) in [6.07, 6.45) is 2.90. The number of thiophene rings is 1. The molecule has 4 heteroatoms. The Morgan fingerprint density at radius 3 is 2.80 bits per heavy atom. The summed E-state index contributed by atoms with van der Waals surface area (Å²) in [7, 11) is 0. The summed E-state index contributed by atoms with van der Waals surface area (Å²) in [6.45, 7) is 3.01. The van der Waals surface area contributed by atoms with E-state index >= 15 is 0 Å². The first-order chi connectivity index (χ1) is 9.78. The van der Waals surface area contributed by atoms with E-state index in [4.69, 9.17) is 5.73 Å². The summed E-state index contributed by atoms with van der Waals surface area (Å²) < 4.78 is 0. The highest BCUT2D eigenvalue weighted by atomic mass is 32.1. The monoisotopic (exact) mass is 283 g/mol. The summed E-state index contributed by atoms with van der Waals surface area (Å²) >= 11 is 1.86. The number of para-hydroxylation sites is 1. The lowest BCUT2D eigenvalue weighted by atomic mass is 10.1. The number of nitrogen functional groups attached to an aromatic ring is 1. The van der Waals surface area contributed by atoms with Gasteiger partial charge in [0.15, 0.2) is 0 Å². The van der Waals surface area contributed by atoms with Crippen molar-refractivity contribution in [3.63, 3.8) is 0 Å². The molecule has 0 amide bonds. The number of nitrogens with zero attached hydrogens (tertiary/aromatic N) is 1. The van der Waals surface area contributed by atoms with Gasteiger partial charge in [0.1, 0.15) is 0 Å². The van der Waals surface area contributed by atoms with Crippen LogP contribution in [0.25, 0.3) is 10.9 Å². The summed E-state index contributed by atoms with van der Waals surface area (Å²) in [5.41, 5.74) is 8.62. The topological polar surface area (TPSA) is 50.9 Å². The first kappa shape index (κ1) is 12.9. The number of benzene rings is 1. The van der Waals surface area contributed by atoms with Crippen LogP contribution >= 0.6 is 11.3 Å². The van der Waals surface area contributed by atoms with Crippen LogP contribution in [0.15, 0.2) is 42.6 Å². The van der Waals surface area contributed by atoms with Crippen LogP contribution in [0.2, 0.25) is 0 Å². The van der Waals surface area contributed by atoms with Crippen LogP contribution in [0.1, 0.15) is 16.7 Å². The Kier molecular flexibility index (Phi) is 3.56. The third-order valence-corrected chi connectivity index (χ3v) is 4.55. The zero-order valence-corrected chi connectivity index (χ0v) is 12.2. The molecule has 1 aromatic carbocycles. The van der Waals surface area contributed by atoms with Crippen molar-refractivity contribution in [2.24, 2.45) is 0 Å². The second kappa shape index (κ2) is 5.51. The molecule has 0 unspecified atom stereocenters. The minimum absolute atomic E-state index is 0.718. The van der Waals surface area contributed by atoms with E-state index in [1.807, 2.05) is 35.6 Å². The Morgan fingerprint density at radius 1 is 1.15 bits per heavy atom. The van der Waals surface area contributed by atoms with Crippen molar-refractivity contribution in [1.82, 2.24) is 4.98 Å². The average molecular weight is 283 g/mol. The van der Waals surface area contributed by atoms with Crippen molar-refractivity contribution in [2.75, 3.05) is 11.1 Å². The van der Waals surface area contributed by atoms with E-state index in [1.54, 1.807) is 6.20 Å². The Labute approximate surface area is 122 Å². The molecule has 0 aliphatic rings. The number of aryl methyl sites for hydroxylation is 1. The standard InChI is InChI=1S/C16H17N3S/c1-2-11-6-7-12(20-11)10-19-15-8-9-18-16-13(15)4-3-5-14(16)17/h3-9H,2,10,17H2,1H3,(H,18,19). The molecule has 2 heterocycles. The van der Waals surface area contributed by atoms with E-state index in [0.29, 0.717) is 0 Å². The average Bonchev–Trinajstić information content (AvgIpc) is 2.94. The SMILES string of the molecule is CCc1ccc(CNc2ccnc3c(N)cccc23)s1. The minimum Gasteiger partial charge on any atom is -0.397 e. The number of nitrogens with one attached hydrogen (secondary N) is 1. The van der Waals surface area contributed by atoms with Gasteiger partial charge in [-0.05, 0) is 30.7 Å². The molecule has 0 fully saturated rings. The lowest BCUT2D eigenvalue weighted by Gasteiger charge is -2.09. The fourth-order valence-electron chi connectivity index (χ4n) is 2.24. The van der Waals surface area contributed by atoms with Crippen LogP contribution in [0.5, 0.6) is 0 Å². The molecule has 2 aromatic heterocycles. The normalized spacial score (nSPS) is 10.8. The van der Waals surface area contributed by atoms with Crippen LogP contribution < -0.4 is 11.1 Å². The number of fused-ring (bicyclic) bond motifs is 1. The Hall–Kier alpha value is -2.07. The van der Waals surface area contributed by atoms with Gasteiger partial charge in [-0.3, -0.25) is 4.98 Å². The van der Waals surface area contributed by atoms with Crippen LogP contribution in [0.3, 0.4) is 0 Å². The van der Waals surface area contributed by atoms with E-state index in [1.165, 1.54) is 9.75 Å². The molecule has 0 radical (unpaired) electrons. The predicted molar refractivity (Wildman–Crippen MR) is 87.2 cm³/mol. The second-order valence-electron chi connectivity index (χ2n) is 4.68. The second-order valence-corrected chi connectivity index (χ2v) is 5.93. The quantitative estimate of drug-likeness (QED) is 0.710. The fraction of sp³-hybridized carbons (Fsp3) is 0.188. The number of pyridine rings is 1. The van der Waals surface area contributed by atoms with Crippen molar-refractivity contribution >= 4 is 33.6 Å². The van der Waals surface area contributed by atoms with E-state index in [-0.39, 0.29) is 0 Å². The van der Waals surface area contributed by atoms with Crippen molar-refractivity contribution in [2.45, 2.75) is 19.9 Å². The fourth-order valence-corrected chi connectivity index (χ4v) is 3.14. The maximum Gasteiger partial charge on any atom is 0.0951 e. The molecule has 0 atom stereocenters. The maximum absolute atomic E-state index is 5.97. The molecule has 3 nitrogen and oxygen atoms in total. The van der Waals surface area contributed by atoms with Crippen molar-refractivity contribution in [3.8, 4) is 0 Å². The van der Waals surface area contributed by atoms with Gasteiger partial charge in [0.2, 0.25) is 0 Å². The van der Waals surface area contributed by atoms with E-state index < -0.39 is 0 Å². The molecule has 0 aliphatic heterocycles. The van der Waals surface area contributed by atoms with E-state index in [0.717, 1.165) is 35.2 Å². The molecular weight excluding hydrogens is 266 g/mol. The number of rotatable bonds is 4. The maximum atomic E-state index is 5.97. The van der Waals surface area contributed by atoms with Gasteiger partial charge in [-0.25, -0.2) is 0 Å². The molecule has 102 valence electrons. The Morgan fingerprint density at radius 2 is 2.00 bits per heavy atom. The van der Waals surface area contributed by atoms with Gasteiger partial charge in [-0.1, -0.05) is 19.1 Å². The van der Waals surface area contributed by atoms with Gasteiger partial charge < -0.3 is 11.1 Å². The first-order valence-electron chi connectivity index (χ1n) is 6.72. The molecule has 3 rings (SSSR count). The third-order valence-electron chi connectivity index (χ3n) is 3.32. The van der Waals surface area contributed by atoms with E-state index in [9.17, 15) is 0 Å². The van der Waals surface area contributed by atoms with E-state index in [2.05, 4.69) is 29.4 Å². The zero-order chi connectivity index (χ0) is 13.9. The highest BCUT2D eigenvalue weighted by Gasteiger charge is 2.05. The Balaban J connectivity index is 1.85. The molecule has 3 N–H and O–H groups in total. The third kappa shape index (κ3) is 2.47. The number of hydrogen-bond acceptors (Lipinski definition) is 4. The van der Waals surface area contributed by atoms with Crippen LogP contribution in [-0.4, -0.2) is 4.98 Å². The van der Waals surface area contributed by atoms with Gasteiger partial charge in [0.25, 0.3) is 0 Å². The van der Waals surface area contributed by atoms with Gasteiger partial charge in [0.05, 0.1) is 11.2 Å². The highest BCUT2D eigenvalue weighted by molar-refractivity contribution is 7.12. The Bertz CT molecular complexity index is 733. The molecule has 0 saturated carbocycles. The predicted octanol–water partition coefficient (Wildman–Crippen LogP) is 4.05. The highest BCUT2D eigenvalue weighted by Crippen LogP contribution is 2.26. The summed E-state index contributed by atoms with van der Waals surface area (Å²) in [5.74, 6) is 0. The van der Waals surface area contributed by atoms with Crippen molar-refractivity contribution in [1.29, 1.82) is 0 Å². The molecule has 0 aliphatic carbocycles. The largest absolute Gasteiger partial charge is 0.397 e. The summed E-state index contributed by atoms with van der Waals surface area (Å²) in [4.78, 5) is 7.12. The summed E-state index contributed by atoms with van der Waals surface area (Å²) in [5, 5.41) is 4.55. The smallest absolute Gasteiger partial charge is 0.0951 e. The van der Waals surface area contributed by atoms with Gasteiger partial charge in [0, 0.05) is 33.6 Å². The van der Waals surface area contributed by atoms with Crippen LogP contribution in [-0.2, 0) is 13.0 Å². The number of hydrogen-bond donors (Lipinski definition) is 2. The van der Waals surface area contributed by atoms with Crippen molar-refractivity contribution < 1.29 is 0 Å². The number of nitrogens with two attached hydrogens (primary N) is 1. The summed E-state index contributed by atoms with van der Waals surface area (Å²) in [6, 6.07) is 12.3. The van der Waals surface area contributed by atoms with Crippen molar-refractivity contribution in [3.05, 3.63) is 52.3 Å².